The molecule has 0 saturated heterocycles. The average Bonchev–Trinajstić information content (AvgIpc) is 3.05. The molecule has 6 aromatic rings. The molecule has 0 aliphatic rings. The Morgan fingerprint density at radius 3 is 0.667 bits per heavy atom. The zero-order valence-electron chi connectivity index (χ0n) is 24.3. The number of hydrogen-bond acceptors (Lipinski definition) is 14. The molecule has 0 aliphatic carbocycles. The van der Waals surface area contributed by atoms with Crippen LogP contribution in [0.3, 0.4) is 0 Å². The third kappa shape index (κ3) is 17.1. The van der Waals surface area contributed by atoms with E-state index in [1.54, 1.807) is 24.8 Å². The fourth-order valence-electron chi connectivity index (χ4n) is 3.50. The summed E-state index contributed by atoms with van der Waals surface area (Å²) in [6, 6.07) is 35.0. The molecular formula is C30H24Cl2N6O9Ru. The fourth-order valence-corrected chi connectivity index (χ4v) is 3.50. The molecule has 18 heteroatoms. The molecule has 0 unspecified atom stereocenters. The Kier molecular flexibility index (Phi) is 18.2. The molecule has 0 radical (unpaired) electrons. The first-order valence-electron chi connectivity index (χ1n) is 12.7. The maximum absolute atomic E-state index is 8.49. The zero-order chi connectivity index (χ0) is 33.4. The summed E-state index contributed by atoms with van der Waals surface area (Å²) < 4.78 is 67.9. The van der Waals surface area contributed by atoms with Gasteiger partial charge in [-0.1, -0.05) is 36.4 Å². The number of halogens is 2. The third-order valence-electron chi connectivity index (χ3n) is 5.21. The molecule has 48 heavy (non-hydrogen) atoms. The molecule has 0 aromatic carbocycles. The largest absolute Gasteiger partial charge is 2.00 e. The van der Waals surface area contributed by atoms with E-state index in [0.29, 0.717) is 0 Å². The molecule has 0 saturated carbocycles. The van der Waals surface area contributed by atoms with Crippen LogP contribution < -0.4 is 37.3 Å². The van der Waals surface area contributed by atoms with Crippen LogP contribution in [-0.4, -0.2) is 35.4 Å². The Bertz CT molecular complexity index is 1490. The minimum atomic E-state index is -4.94. The van der Waals surface area contributed by atoms with Gasteiger partial charge in [0.2, 0.25) is 0 Å². The van der Waals surface area contributed by atoms with Crippen LogP contribution in [0.4, 0.5) is 0 Å². The standard InChI is InChI=1S/2C15H11N3.2ClHO4.H2O.Ru/c2*1-3-10-16-12(6-1)14-8-5-9-15(18-14)13-7-2-4-11-17-13;2*2-1(3,4)5;;/h2*1-11H;2*(H,2,3,4,5);1H2;/q;;;;;+2/p-2. The molecule has 0 atom stereocenters. The summed E-state index contributed by atoms with van der Waals surface area (Å²) in [7, 11) is -9.89. The van der Waals surface area contributed by atoms with Crippen LogP contribution in [0, 0.1) is 20.5 Å². The fraction of sp³-hybridized carbons (Fsp3) is 0. The van der Waals surface area contributed by atoms with Crippen LogP contribution in [0.15, 0.2) is 134 Å². The van der Waals surface area contributed by atoms with E-state index in [1.165, 1.54) is 0 Å². The molecular weight excluding hydrogens is 760 g/mol. The van der Waals surface area contributed by atoms with E-state index < -0.39 is 20.5 Å². The number of rotatable bonds is 4. The van der Waals surface area contributed by atoms with Crippen LogP contribution >= 0.6 is 0 Å². The molecule has 0 bridgehead atoms. The first kappa shape index (κ1) is 41.8. The van der Waals surface area contributed by atoms with Crippen molar-refractivity contribution in [2.45, 2.75) is 0 Å². The van der Waals surface area contributed by atoms with Gasteiger partial charge in [0.25, 0.3) is 0 Å². The van der Waals surface area contributed by atoms with Gasteiger partial charge in [-0.25, -0.2) is 47.2 Å². The molecule has 6 aromatic heterocycles. The predicted octanol–water partition coefficient (Wildman–Crippen LogP) is -3.93. The number of aromatic nitrogens is 6. The first-order chi connectivity index (χ1) is 21.9. The van der Waals surface area contributed by atoms with Gasteiger partial charge >= 0.3 is 19.5 Å². The van der Waals surface area contributed by atoms with Crippen molar-refractivity contribution in [3.8, 4) is 45.6 Å². The van der Waals surface area contributed by atoms with Crippen LogP contribution in [0.5, 0.6) is 0 Å². The van der Waals surface area contributed by atoms with E-state index in [9.17, 15) is 0 Å². The Morgan fingerprint density at radius 2 is 0.500 bits per heavy atom. The van der Waals surface area contributed by atoms with Gasteiger partial charge in [0.1, 0.15) is 0 Å². The smallest absolute Gasteiger partial charge is 0.412 e. The Balaban J connectivity index is 0.000000365. The van der Waals surface area contributed by atoms with Crippen molar-refractivity contribution in [2.24, 2.45) is 0 Å². The van der Waals surface area contributed by atoms with E-state index >= 15 is 0 Å². The molecule has 2 N–H and O–H groups in total. The van der Waals surface area contributed by atoms with Crippen molar-refractivity contribution in [3.63, 3.8) is 0 Å². The summed E-state index contributed by atoms with van der Waals surface area (Å²) >= 11 is 0. The SMILES string of the molecule is O.[O-][Cl+3]([O-])([O-])[O-].[O-][Cl+3]([O-])([O-])[O-].[Ru+2].c1ccc(-c2cccc(-c3ccccn3)n2)nc1.c1ccc(-c2cccc(-c3ccccn3)n2)nc1. The van der Waals surface area contributed by atoms with Gasteiger partial charge in [0, 0.05) is 24.8 Å². The number of nitrogens with zero attached hydrogens (tertiary/aromatic N) is 6. The Hall–Kier alpha value is -4.26. The van der Waals surface area contributed by atoms with Gasteiger partial charge in [-0.15, -0.1) is 20.5 Å². The van der Waals surface area contributed by atoms with Crippen molar-refractivity contribution in [1.82, 2.24) is 29.9 Å². The van der Waals surface area contributed by atoms with E-state index in [0.717, 1.165) is 45.6 Å². The second-order valence-electron chi connectivity index (χ2n) is 8.43. The van der Waals surface area contributed by atoms with E-state index in [2.05, 4.69) is 29.9 Å². The van der Waals surface area contributed by atoms with Gasteiger partial charge in [-0.05, 0) is 72.8 Å². The second kappa shape index (κ2) is 20.9. The van der Waals surface area contributed by atoms with E-state index in [4.69, 9.17) is 37.3 Å². The van der Waals surface area contributed by atoms with Gasteiger partial charge in [-0.3, -0.25) is 19.9 Å². The normalized spacial score (nSPS) is 10.2. The van der Waals surface area contributed by atoms with E-state index in [-0.39, 0.29) is 25.0 Å². The molecule has 0 spiro atoms. The topological polar surface area (TPSA) is 293 Å². The first-order valence-corrected chi connectivity index (χ1v) is 15.2. The molecule has 6 rings (SSSR count). The second-order valence-corrected chi connectivity index (χ2v) is 9.94. The molecule has 0 fully saturated rings. The van der Waals surface area contributed by atoms with Crippen LogP contribution in [0.25, 0.3) is 45.6 Å². The maximum Gasteiger partial charge on any atom is 2.00 e. The van der Waals surface area contributed by atoms with Crippen molar-refractivity contribution < 1.29 is 82.7 Å². The summed E-state index contributed by atoms with van der Waals surface area (Å²) in [6.45, 7) is 0. The monoisotopic (exact) mass is 784 g/mol. The predicted molar refractivity (Wildman–Crippen MR) is 145 cm³/mol. The molecule has 0 aliphatic heterocycles. The molecule has 0 amide bonds. The third-order valence-corrected chi connectivity index (χ3v) is 5.21. The van der Waals surface area contributed by atoms with Crippen molar-refractivity contribution >= 4 is 0 Å². The summed E-state index contributed by atoms with van der Waals surface area (Å²) in [5.74, 6) is 0. The maximum atomic E-state index is 8.49. The average molecular weight is 785 g/mol. The summed E-state index contributed by atoms with van der Waals surface area (Å²) in [5.41, 5.74) is 6.92. The summed E-state index contributed by atoms with van der Waals surface area (Å²) in [4.78, 5) is 26.4. The van der Waals surface area contributed by atoms with Gasteiger partial charge in [-0.2, -0.15) is 0 Å². The minimum Gasteiger partial charge on any atom is -0.412 e. The molecule has 15 nitrogen and oxygen atoms in total. The van der Waals surface area contributed by atoms with Crippen molar-refractivity contribution in [3.05, 3.63) is 134 Å². The zero-order valence-corrected chi connectivity index (χ0v) is 27.5. The van der Waals surface area contributed by atoms with Crippen LogP contribution in [0.1, 0.15) is 0 Å². The van der Waals surface area contributed by atoms with Gasteiger partial charge in [0.15, 0.2) is 0 Å². The number of hydrogen-bond donors (Lipinski definition) is 0. The Morgan fingerprint density at radius 1 is 0.312 bits per heavy atom. The van der Waals surface area contributed by atoms with Crippen molar-refractivity contribution in [1.29, 1.82) is 0 Å². The summed E-state index contributed by atoms with van der Waals surface area (Å²) in [5, 5.41) is 0. The number of pyridine rings is 6. The molecule has 6 heterocycles. The van der Waals surface area contributed by atoms with Gasteiger partial charge < -0.3 is 5.48 Å². The summed E-state index contributed by atoms with van der Waals surface area (Å²) in [6.07, 6.45) is 7.07. The minimum absolute atomic E-state index is 0. The van der Waals surface area contributed by atoms with Crippen LogP contribution in [-0.2, 0) is 19.5 Å². The van der Waals surface area contributed by atoms with E-state index in [1.807, 2.05) is 109 Å². The Labute approximate surface area is 291 Å². The van der Waals surface area contributed by atoms with Crippen LogP contribution in [0.2, 0.25) is 0 Å². The quantitative estimate of drug-likeness (QED) is 0.154. The van der Waals surface area contributed by atoms with Crippen molar-refractivity contribution in [2.75, 3.05) is 0 Å². The van der Waals surface area contributed by atoms with Gasteiger partial charge in [0.05, 0.1) is 45.6 Å². The molecule has 250 valence electrons.